The average Bonchev–Trinajstić information content (AvgIpc) is 2.81. The third-order valence-corrected chi connectivity index (χ3v) is 3.48. The van der Waals surface area contributed by atoms with Crippen molar-refractivity contribution in [1.82, 2.24) is 15.5 Å². The summed E-state index contributed by atoms with van der Waals surface area (Å²) < 4.78 is 5.02. The monoisotopic (exact) mass is 261 g/mol. The number of nitrogens with zero attached hydrogens (tertiary/aromatic N) is 2. The quantitative estimate of drug-likeness (QED) is 0.898. The molecule has 1 N–H and O–H groups in total. The summed E-state index contributed by atoms with van der Waals surface area (Å²) in [5, 5.41) is 7.56. The maximum atomic E-state index is 12.1. The highest BCUT2D eigenvalue weighted by Gasteiger charge is 2.12. The first-order valence-corrected chi connectivity index (χ1v) is 6.65. The number of hydrogen-bond acceptors (Lipinski definition) is 4. The zero-order valence-electron chi connectivity index (χ0n) is 11.6. The van der Waals surface area contributed by atoms with Crippen LogP contribution in [0.25, 0.3) is 11.1 Å². The van der Waals surface area contributed by atoms with Crippen molar-refractivity contribution in [3.05, 3.63) is 23.5 Å². The Morgan fingerprint density at radius 2 is 2.16 bits per heavy atom. The highest BCUT2D eigenvalue weighted by Crippen LogP contribution is 2.16. The van der Waals surface area contributed by atoms with Gasteiger partial charge in [0.2, 0.25) is 0 Å². The van der Waals surface area contributed by atoms with Crippen molar-refractivity contribution in [3.8, 4) is 0 Å². The molecule has 102 valence electrons. The fraction of sp³-hybridized carbons (Fsp3) is 0.500. The molecule has 0 aliphatic heterocycles. The molecule has 0 aromatic carbocycles. The normalized spacial score (nSPS) is 11.2. The number of carbonyl (C=O) groups is 1. The number of fused-ring (bicyclic) bond motifs is 1. The second-order valence-corrected chi connectivity index (χ2v) is 4.74. The third kappa shape index (κ3) is 2.92. The van der Waals surface area contributed by atoms with Crippen molar-refractivity contribution in [2.75, 3.05) is 6.54 Å². The molecule has 0 aliphatic carbocycles. The van der Waals surface area contributed by atoms with Crippen LogP contribution in [0.3, 0.4) is 0 Å². The van der Waals surface area contributed by atoms with Crippen molar-refractivity contribution >= 4 is 17.0 Å². The predicted molar refractivity (Wildman–Crippen MR) is 72.9 cm³/mol. The van der Waals surface area contributed by atoms with Gasteiger partial charge in [0.05, 0.1) is 16.6 Å². The van der Waals surface area contributed by atoms with Crippen LogP contribution >= 0.6 is 0 Å². The molecule has 2 rings (SSSR count). The summed E-state index contributed by atoms with van der Waals surface area (Å²) in [5.41, 5.74) is 1.76. The molecule has 0 bridgehead atoms. The minimum absolute atomic E-state index is 0.0955. The lowest BCUT2D eigenvalue weighted by Crippen LogP contribution is -2.28. The molecule has 0 aliphatic rings. The molecule has 0 spiro atoms. The highest BCUT2D eigenvalue weighted by molar-refractivity contribution is 5.96. The van der Waals surface area contributed by atoms with E-state index in [0.717, 1.165) is 23.9 Å². The van der Waals surface area contributed by atoms with Gasteiger partial charge in [0.25, 0.3) is 11.6 Å². The van der Waals surface area contributed by atoms with E-state index in [-0.39, 0.29) is 5.91 Å². The van der Waals surface area contributed by atoms with Crippen molar-refractivity contribution in [2.45, 2.75) is 33.6 Å². The van der Waals surface area contributed by atoms with Crippen molar-refractivity contribution in [1.29, 1.82) is 0 Å². The van der Waals surface area contributed by atoms with Crippen LogP contribution in [-0.4, -0.2) is 22.6 Å². The second kappa shape index (κ2) is 5.82. The van der Waals surface area contributed by atoms with Gasteiger partial charge in [-0.25, -0.2) is 4.98 Å². The van der Waals surface area contributed by atoms with E-state index in [1.54, 1.807) is 6.07 Å². The Kier molecular flexibility index (Phi) is 4.14. The Morgan fingerprint density at radius 3 is 2.84 bits per heavy atom. The summed E-state index contributed by atoms with van der Waals surface area (Å²) in [7, 11) is 0. The molecule has 2 heterocycles. The number of pyridine rings is 1. The van der Waals surface area contributed by atoms with E-state index in [1.807, 2.05) is 6.92 Å². The topological polar surface area (TPSA) is 68.0 Å². The highest BCUT2D eigenvalue weighted by atomic mass is 16.5. The van der Waals surface area contributed by atoms with Gasteiger partial charge in [0, 0.05) is 12.7 Å². The van der Waals surface area contributed by atoms with Crippen molar-refractivity contribution < 1.29 is 9.32 Å². The third-order valence-electron chi connectivity index (χ3n) is 3.48. The average molecular weight is 261 g/mol. The first kappa shape index (κ1) is 13.5. The van der Waals surface area contributed by atoms with Crippen LogP contribution < -0.4 is 5.32 Å². The number of amides is 1. The van der Waals surface area contributed by atoms with Gasteiger partial charge in [-0.1, -0.05) is 31.8 Å². The Bertz CT molecular complexity index is 573. The summed E-state index contributed by atoms with van der Waals surface area (Å²) >= 11 is 0. The number of rotatable bonds is 5. The van der Waals surface area contributed by atoms with Crippen LogP contribution in [0.1, 0.15) is 42.7 Å². The maximum Gasteiger partial charge on any atom is 0.257 e. The molecule has 0 atom stereocenters. The number of hydrogen-bond donors (Lipinski definition) is 1. The van der Waals surface area contributed by atoms with E-state index in [0.29, 0.717) is 23.7 Å². The molecular formula is C14H19N3O2. The standard InChI is InChI=1S/C14H19N3O2/c1-4-10(5-2)7-15-13(18)11-6-12-9(3)17-19-14(12)16-8-11/h6,8,10H,4-5,7H2,1-3H3,(H,15,18). The molecule has 0 radical (unpaired) electrons. The van der Waals surface area contributed by atoms with Gasteiger partial charge in [-0.3, -0.25) is 4.79 Å². The smallest absolute Gasteiger partial charge is 0.257 e. The lowest BCUT2D eigenvalue weighted by Gasteiger charge is -2.13. The van der Waals surface area contributed by atoms with E-state index in [9.17, 15) is 4.79 Å². The Labute approximate surface area is 112 Å². The van der Waals surface area contributed by atoms with Gasteiger partial charge in [-0.05, 0) is 18.9 Å². The summed E-state index contributed by atoms with van der Waals surface area (Å²) in [6.07, 6.45) is 3.66. The van der Waals surface area contributed by atoms with Crippen LogP contribution in [-0.2, 0) is 0 Å². The van der Waals surface area contributed by atoms with Gasteiger partial charge in [0.1, 0.15) is 0 Å². The Hall–Kier alpha value is -1.91. The SMILES string of the molecule is CCC(CC)CNC(=O)c1cnc2onc(C)c2c1. The molecule has 0 saturated heterocycles. The molecule has 0 saturated carbocycles. The zero-order valence-corrected chi connectivity index (χ0v) is 11.6. The number of nitrogens with one attached hydrogen (secondary N) is 1. The maximum absolute atomic E-state index is 12.1. The molecule has 1 amide bonds. The van der Waals surface area contributed by atoms with Crippen molar-refractivity contribution in [2.24, 2.45) is 5.92 Å². The number of aryl methyl sites for hydroxylation is 1. The summed E-state index contributed by atoms with van der Waals surface area (Å²) in [5.74, 6) is 0.430. The fourth-order valence-corrected chi connectivity index (χ4v) is 1.99. The van der Waals surface area contributed by atoms with E-state index in [2.05, 4.69) is 29.3 Å². The molecule has 0 fully saturated rings. The molecule has 5 nitrogen and oxygen atoms in total. The van der Waals surface area contributed by atoms with Gasteiger partial charge in [0.15, 0.2) is 0 Å². The molecule has 5 heteroatoms. The minimum Gasteiger partial charge on any atom is -0.352 e. The van der Waals surface area contributed by atoms with Crippen molar-refractivity contribution in [3.63, 3.8) is 0 Å². The largest absolute Gasteiger partial charge is 0.352 e. The molecule has 2 aromatic heterocycles. The molecule has 0 unspecified atom stereocenters. The van der Waals surface area contributed by atoms with E-state index in [4.69, 9.17) is 4.52 Å². The number of aromatic nitrogens is 2. The minimum atomic E-state index is -0.0955. The molecule has 2 aromatic rings. The van der Waals surface area contributed by atoms with Crippen LogP contribution in [0.15, 0.2) is 16.8 Å². The molecule has 19 heavy (non-hydrogen) atoms. The fourth-order valence-electron chi connectivity index (χ4n) is 1.99. The van der Waals surface area contributed by atoms with Crippen LogP contribution in [0.4, 0.5) is 0 Å². The lowest BCUT2D eigenvalue weighted by molar-refractivity contribution is 0.0946. The summed E-state index contributed by atoms with van der Waals surface area (Å²) in [6.45, 7) is 6.80. The molecular weight excluding hydrogens is 242 g/mol. The summed E-state index contributed by atoms with van der Waals surface area (Å²) in [6, 6.07) is 1.77. The van der Waals surface area contributed by atoms with E-state index in [1.165, 1.54) is 6.20 Å². The van der Waals surface area contributed by atoms with Gasteiger partial charge in [-0.2, -0.15) is 0 Å². The Balaban J connectivity index is 2.10. The van der Waals surface area contributed by atoms with Crippen LogP contribution in [0.5, 0.6) is 0 Å². The van der Waals surface area contributed by atoms with Crippen LogP contribution in [0, 0.1) is 12.8 Å². The lowest BCUT2D eigenvalue weighted by atomic mass is 10.0. The number of carbonyl (C=O) groups excluding carboxylic acids is 1. The first-order chi connectivity index (χ1) is 9.15. The second-order valence-electron chi connectivity index (χ2n) is 4.74. The van der Waals surface area contributed by atoms with E-state index >= 15 is 0 Å². The first-order valence-electron chi connectivity index (χ1n) is 6.65. The van der Waals surface area contributed by atoms with Gasteiger partial charge >= 0.3 is 0 Å². The summed E-state index contributed by atoms with van der Waals surface area (Å²) in [4.78, 5) is 16.2. The predicted octanol–water partition coefficient (Wildman–Crippen LogP) is 2.70. The van der Waals surface area contributed by atoms with Gasteiger partial charge in [-0.15, -0.1) is 0 Å². The van der Waals surface area contributed by atoms with Crippen LogP contribution in [0.2, 0.25) is 0 Å². The Morgan fingerprint density at radius 1 is 1.42 bits per heavy atom. The van der Waals surface area contributed by atoms with Gasteiger partial charge < -0.3 is 9.84 Å². The van der Waals surface area contributed by atoms with E-state index < -0.39 is 0 Å². The zero-order chi connectivity index (χ0) is 13.8.